The maximum Gasteiger partial charge on any atom is 0.146 e. The molecule has 1 aromatic carbocycles. The first-order valence-corrected chi connectivity index (χ1v) is 8.46. The quantitative estimate of drug-likeness (QED) is 0.878. The Morgan fingerprint density at radius 1 is 1.29 bits per heavy atom. The van der Waals surface area contributed by atoms with Gasteiger partial charge in [0.05, 0.1) is 5.69 Å². The van der Waals surface area contributed by atoms with Gasteiger partial charge in [-0.15, -0.1) is 0 Å². The van der Waals surface area contributed by atoms with Crippen molar-refractivity contribution in [2.45, 2.75) is 70.9 Å². The lowest BCUT2D eigenvalue weighted by Crippen LogP contribution is -2.35. The Kier molecular flexibility index (Phi) is 6.04. The highest BCUT2D eigenvalue weighted by molar-refractivity contribution is 5.50. The molecular weight excluding hydrogens is 263 g/mol. The molecule has 1 aliphatic rings. The lowest BCUT2D eigenvalue weighted by Gasteiger charge is -2.32. The highest BCUT2D eigenvalue weighted by Gasteiger charge is 2.22. The molecule has 2 rings (SSSR count). The first-order chi connectivity index (χ1) is 10.2. The fourth-order valence-electron chi connectivity index (χ4n) is 3.28. The first-order valence-electron chi connectivity index (χ1n) is 8.46. The third-order valence-electron chi connectivity index (χ3n) is 4.69. The van der Waals surface area contributed by atoms with Crippen LogP contribution in [0.5, 0.6) is 0 Å². The van der Waals surface area contributed by atoms with E-state index in [2.05, 4.69) is 18.7 Å². The van der Waals surface area contributed by atoms with Crippen molar-refractivity contribution in [2.75, 3.05) is 11.4 Å². The van der Waals surface area contributed by atoms with Gasteiger partial charge in [0.2, 0.25) is 0 Å². The number of halogens is 1. The van der Waals surface area contributed by atoms with Crippen LogP contribution in [0.2, 0.25) is 0 Å². The summed E-state index contributed by atoms with van der Waals surface area (Å²) in [5.74, 6) is -0.0869. The summed E-state index contributed by atoms with van der Waals surface area (Å²) in [5.41, 5.74) is 7.75. The fourth-order valence-corrected chi connectivity index (χ4v) is 3.28. The van der Waals surface area contributed by atoms with Gasteiger partial charge >= 0.3 is 0 Å². The van der Waals surface area contributed by atoms with Crippen LogP contribution in [0.15, 0.2) is 18.2 Å². The topological polar surface area (TPSA) is 29.3 Å². The molecule has 3 heteroatoms. The van der Waals surface area contributed by atoms with Crippen LogP contribution in [-0.4, -0.2) is 18.6 Å². The summed E-state index contributed by atoms with van der Waals surface area (Å²) < 4.78 is 14.5. The molecule has 1 aliphatic heterocycles. The number of benzene rings is 1. The minimum Gasteiger partial charge on any atom is -0.366 e. The van der Waals surface area contributed by atoms with Crippen molar-refractivity contribution in [3.05, 3.63) is 29.6 Å². The molecule has 0 aliphatic carbocycles. The summed E-state index contributed by atoms with van der Waals surface area (Å²) in [5, 5.41) is 0. The molecule has 21 heavy (non-hydrogen) atoms. The van der Waals surface area contributed by atoms with Gasteiger partial charge in [0.1, 0.15) is 5.82 Å². The van der Waals surface area contributed by atoms with Crippen molar-refractivity contribution < 1.29 is 4.39 Å². The van der Waals surface area contributed by atoms with E-state index < -0.39 is 0 Å². The zero-order valence-electron chi connectivity index (χ0n) is 13.4. The average molecular weight is 292 g/mol. The van der Waals surface area contributed by atoms with E-state index in [0.29, 0.717) is 6.04 Å². The summed E-state index contributed by atoms with van der Waals surface area (Å²) in [6, 6.07) is 6.29. The molecule has 0 spiro atoms. The van der Waals surface area contributed by atoms with Gasteiger partial charge in [0, 0.05) is 18.6 Å². The van der Waals surface area contributed by atoms with Gasteiger partial charge in [0.25, 0.3) is 0 Å². The Morgan fingerprint density at radius 3 is 2.76 bits per heavy atom. The molecule has 0 aromatic heterocycles. The number of nitrogens with zero attached hydrogens (tertiary/aromatic N) is 1. The molecule has 2 unspecified atom stereocenters. The van der Waals surface area contributed by atoms with E-state index in [-0.39, 0.29) is 11.9 Å². The Hall–Kier alpha value is -1.09. The number of rotatable bonds is 5. The van der Waals surface area contributed by atoms with Gasteiger partial charge in [-0.05, 0) is 49.8 Å². The Balaban J connectivity index is 2.18. The molecule has 1 fully saturated rings. The average Bonchev–Trinajstić information content (AvgIpc) is 2.72. The first kappa shape index (κ1) is 16.3. The van der Waals surface area contributed by atoms with Crippen LogP contribution in [0, 0.1) is 5.82 Å². The SMILES string of the molecule is CCC(N)Cc1ccc(N2CCCCCC2CC)c(F)c1. The van der Waals surface area contributed by atoms with Gasteiger partial charge in [-0.1, -0.05) is 32.8 Å². The van der Waals surface area contributed by atoms with E-state index >= 15 is 0 Å². The Bertz CT molecular complexity index is 447. The third kappa shape index (κ3) is 4.19. The highest BCUT2D eigenvalue weighted by atomic mass is 19.1. The minimum absolute atomic E-state index is 0.0869. The van der Waals surface area contributed by atoms with Gasteiger partial charge in [0.15, 0.2) is 0 Å². The minimum atomic E-state index is -0.0869. The van der Waals surface area contributed by atoms with Gasteiger partial charge in [-0.3, -0.25) is 0 Å². The summed E-state index contributed by atoms with van der Waals surface area (Å²) in [6.07, 6.45) is 7.63. The fraction of sp³-hybridized carbons (Fsp3) is 0.667. The third-order valence-corrected chi connectivity index (χ3v) is 4.69. The van der Waals surface area contributed by atoms with Crippen molar-refractivity contribution in [1.29, 1.82) is 0 Å². The highest BCUT2D eigenvalue weighted by Crippen LogP contribution is 2.29. The van der Waals surface area contributed by atoms with Crippen LogP contribution in [-0.2, 0) is 6.42 Å². The van der Waals surface area contributed by atoms with E-state index in [0.717, 1.165) is 37.1 Å². The lowest BCUT2D eigenvalue weighted by atomic mass is 10.0. The smallest absolute Gasteiger partial charge is 0.146 e. The number of hydrogen-bond acceptors (Lipinski definition) is 2. The maximum atomic E-state index is 14.5. The predicted octanol–water partition coefficient (Wildman–Crippen LogP) is 4.26. The Labute approximate surface area is 128 Å². The summed E-state index contributed by atoms with van der Waals surface area (Å²) >= 11 is 0. The van der Waals surface area contributed by atoms with E-state index in [9.17, 15) is 4.39 Å². The van der Waals surface area contributed by atoms with E-state index in [1.54, 1.807) is 6.07 Å². The van der Waals surface area contributed by atoms with Crippen LogP contribution in [0.25, 0.3) is 0 Å². The number of nitrogens with two attached hydrogens (primary N) is 1. The van der Waals surface area contributed by atoms with E-state index in [1.807, 2.05) is 12.1 Å². The van der Waals surface area contributed by atoms with Crippen LogP contribution >= 0.6 is 0 Å². The lowest BCUT2D eigenvalue weighted by molar-refractivity contribution is 0.539. The Morgan fingerprint density at radius 2 is 2.10 bits per heavy atom. The second kappa shape index (κ2) is 7.79. The molecule has 1 saturated heterocycles. The standard InChI is InChI=1S/C18H29FN2/c1-3-15(20)12-14-9-10-18(17(19)13-14)21-11-7-5-6-8-16(21)4-2/h9-10,13,15-16H,3-8,11-12,20H2,1-2H3. The summed E-state index contributed by atoms with van der Waals surface area (Å²) in [7, 11) is 0. The second-order valence-corrected chi connectivity index (χ2v) is 6.26. The van der Waals surface area contributed by atoms with Gasteiger partial charge < -0.3 is 10.6 Å². The van der Waals surface area contributed by atoms with Crippen LogP contribution < -0.4 is 10.6 Å². The predicted molar refractivity (Wildman–Crippen MR) is 88.3 cm³/mol. The second-order valence-electron chi connectivity index (χ2n) is 6.26. The van der Waals surface area contributed by atoms with E-state index in [4.69, 9.17) is 5.73 Å². The molecule has 0 radical (unpaired) electrons. The van der Waals surface area contributed by atoms with Crippen molar-refractivity contribution in [1.82, 2.24) is 0 Å². The van der Waals surface area contributed by atoms with Crippen LogP contribution in [0.1, 0.15) is 57.9 Å². The molecule has 0 saturated carbocycles. The largest absolute Gasteiger partial charge is 0.366 e. The van der Waals surface area contributed by atoms with Crippen LogP contribution in [0.4, 0.5) is 10.1 Å². The van der Waals surface area contributed by atoms with Crippen molar-refractivity contribution in [2.24, 2.45) is 5.73 Å². The molecule has 1 aromatic rings. The molecule has 1 heterocycles. The zero-order chi connectivity index (χ0) is 15.2. The maximum absolute atomic E-state index is 14.5. The van der Waals surface area contributed by atoms with Crippen molar-refractivity contribution in [3.63, 3.8) is 0 Å². The zero-order valence-corrected chi connectivity index (χ0v) is 13.4. The molecule has 2 nitrogen and oxygen atoms in total. The molecule has 0 amide bonds. The molecule has 0 bridgehead atoms. The summed E-state index contributed by atoms with van der Waals surface area (Å²) in [6.45, 7) is 5.25. The molecule has 118 valence electrons. The molecular formula is C18H29FN2. The van der Waals surface area contributed by atoms with Crippen molar-refractivity contribution >= 4 is 5.69 Å². The summed E-state index contributed by atoms with van der Waals surface area (Å²) in [4.78, 5) is 2.28. The molecule has 2 N–H and O–H groups in total. The normalized spacial score (nSPS) is 21.1. The van der Waals surface area contributed by atoms with Crippen LogP contribution in [0.3, 0.4) is 0 Å². The van der Waals surface area contributed by atoms with E-state index in [1.165, 1.54) is 25.7 Å². The number of hydrogen-bond donors (Lipinski definition) is 1. The van der Waals surface area contributed by atoms with Gasteiger partial charge in [-0.2, -0.15) is 0 Å². The number of anilines is 1. The van der Waals surface area contributed by atoms with Gasteiger partial charge in [-0.25, -0.2) is 4.39 Å². The molecule has 2 atom stereocenters. The van der Waals surface area contributed by atoms with Crippen molar-refractivity contribution in [3.8, 4) is 0 Å². The monoisotopic (exact) mass is 292 g/mol.